The van der Waals surface area contributed by atoms with Gasteiger partial charge in [-0.15, -0.1) is 0 Å². The Morgan fingerprint density at radius 3 is 1.49 bits per heavy atom. The van der Waals surface area contributed by atoms with Gasteiger partial charge in [-0.05, 0) is 171 Å². The highest BCUT2D eigenvalue weighted by molar-refractivity contribution is 7.08. The molecule has 5 heterocycles. The van der Waals surface area contributed by atoms with Crippen molar-refractivity contribution in [2.24, 2.45) is 5.73 Å². The number of nitrogens with one attached hydrogen (secondary N) is 2. The first kappa shape index (κ1) is 71.5. The summed E-state index contributed by atoms with van der Waals surface area (Å²) in [4.78, 5) is 62.7. The lowest BCUT2D eigenvalue weighted by atomic mass is 10.0. The number of anilines is 3. The van der Waals surface area contributed by atoms with Gasteiger partial charge >= 0.3 is 17.6 Å². The first-order valence-corrected chi connectivity index (χ1v) is 30.8. The number of para-hydroxylation sites is 3. The van der Waals surface area contributed by atoms with Crippen LogP contribution < -0.4 is 35.6 Å². The van der Waals surface area contributed by atoms with Crippen LogP contribution in [-0.2, 0) is 19.3 Å². The van der Waals surface area contributed by atoms with Crippen molar-refractivity contribution in [2.45, 2.75) is 92.2 Å². The molecule has 0 bridgehead atoms. The Hall–Kier alpha value is -7.72. The Balaban J connectivity index is 0.000000282. The molecule has 0 spiro atoms. The van der Waals surface area contributed by atoms with E-state index in [2.05, 4.69) is 103 Å². The fourth-order valence-electron chi connectivity index (χ4n) is 8.85. The van der Waals surface area contributed by atoms with Crippen LogP contribution >= 0.6 is 34.3 Å². The largest absolute Gasteiger partial charge is 0.419 e. The Bertz CT molecular complexity index is 3020. The number of amides is 3. The van der Waals surface area contributed by atoms with Crippen LogP contribution in [0.4, 0.5) is 42.8 Å². The van der Waals surface area contributed by atoms with Crippen molar-refractivity contribution in [2.75, 3.05) is 76.0 Å². The molecular weight excluding hydrogens is 1140 g/mol. The van der Waals surface area contributed by atoms with E-state index in [1.807, 2.05) is 103 Å². The molecule has 2 unspecified atom stereocenters. The van der Waals surface area contributed by atoms with Crippen LogP contribution in [0.1, 0.15) is 101 Å². The van der Waals surface area contributed by atoms with Crippen molar-refractivity contribution in [1.29, 1.82) is 0 Å². The number of non-ortho nitro benzene ring substituents is 2. The van der Waals surface area contributed by atoms with Crippen LogP contribution in [0.3, 0.4) is 0 Å². The average Bonchev–Trinajstić information content (AvgIpc) is 4.46. The lowest BCUT2D eigenvalue weighted by Crippen LogP contribution is -2.45. The van der Waals surface area contributed by atoms with E-state index in [9.17, 15) is 34.6 Å². The fourth-order valence-corrected chi connectivity index (χ4v) is 10.4. The van der Waals surface area contributed by atoms with E-state index in [0.717, 1.165) is 55.7 Å². The summed E-state index contributed by atoms with van der Waals surface area (Å²) >= 11 is 8.33. The van der Waals surface area contributed by atoms with Crippen molar-refractivity contribution >= 4 is 80.3 Å². The number of hydrogen-bond acceptors (Lipinski definition) is 15. The topological polar surface area (TPSA) is 219 Å². The average molecular weight is 1220 g/mol. The van der Waals surface area contributed by atoms with Crippen LogP contribution in [0.25, 0.3) is 0 Å². The number of thiophene rings is 2. The van der Waals surface area contributed by atoms with E-state index >= 15 is 0 Å². The number of carbonyl (C=O) groups excluding carboxylic acids is 3. The highest BCUT2D eigenvalue weighted by Crippen LogP contribution is 2.30. The number of likely N-dealkylation sites (N-methyl/N-ethyl adjacent to an activating group) is 2. The third-order valence-electron chi connectivity index (χ3n) is 12.9. The molecule has 18 nitrogen and oxygen atoms in total. The number of ether oxygens (including phenoxy) is 2. The molecule has 10 rings (SSSR count). The van der Waals surface area contributed by atoms with E-state index in [1.54, 1.807) is 27.6 Å². The van der Waals surface area contributed by atoms with Gasteiger partial charge in [-0.2, -0.15) is 22.7 Å². The maximum atomic E-state index is 12.7. The summed E-state index contributed by atoms with van der Waals surface area (Å²) in [6.45, 7) is 15.8. The number of benzene rings is 5. The number of aryl methyl sites for hydroxylation is 3. The lowest BCUT2D eigenvalue weighted by Gasteiger charge is -2.31. The van der Waals surface area contributed by atoms with Crippen LogP contribution in [0.2, 0.25) is 0 Å². The molecule has 7 aromatic rings. The molecule has 3 amide bonds. The smallest absolute Gasteiger partial charge is 0.414 e. The maximum absolute atomic E-state index is 12.7. The number of fused-ring (bicyclic) bond motifs is 3. The highest BCUT2D eigenvalue weighted by atomic mass is 35.5. The van der Waals surface area contributed by atoms with Gasteiger partial charge in [-0.25, -0.2) is 14.4 Å². The number of nitro groups is 2. The number of nitro benzene ring substituents is 2. The van der Waals surface area contributed by atoms with Crippen LogP contribution in [0.5, 0.6) is 11.5 Å². The normalized spacial score (nSPS) is 12.9. The summed E-state index contributed by atoms with van der Waals surface area (Å²) in [5.41, 5.74) is 14.2. The fraction of sp³-hybridized carbons (Fsp3) is 0.359. The van der Waals surface area contributed by atoms with Gasteiger partial charge in [0.15, 0.2) is 0 Å². The predicted octanol–water partition coefficient (Wildman–Crippen LogP) is 15.8. The molecule has 0 saturated carbocycles. The first-order chi connectivity index (χ1) is 41.1. The third-order valence-corrected chi connectivity index (χ3v) is 14.4. The number of urea groups is 1. The minimum atomic E-state index is -0.978. The third kappa shape index (κ3) is 23.7. The van der Waals surface area contributed by atoms with Crippen LogP contribution in [-0.4, -0.2) is 98.1 Å². The summed E-state index contributed by atoms with van der Waals surface area (Å²) in [5, 5.41) is 35.7. The standard InChI is InChI=1S/C18H23N3OS.C16H14N2O4.C9H11N.C8H14N2S.C7H4ClNO4.3C2H6/c1-20(2)17(15-9-11-23-13-15)12-19-18(22)21-10-5-7-14-6-3-4-8-16(14)21;19-16(22-14-9-7-13(8-10-14)18(20)21)17-11-3-5-12-4-1-2-6-15(12)17;1-2-6-9-8(4-1)5-3-7-10-9;1-10(2)8(5-9)7-3-4-11-6-7;8-7(10)13-6-3-1-5(2-4-6)9(11)12;3*1-2/h3-4,6,8-9,11,13,17H,5,7,10,12H2,1-2H3,(H,19,22);1-2,4,6-10H,3,5,11H2;1-2,4,6,10H,3,5,7H2;3-4,6,8H,5,9H2,1-2H3;1-4H;3*1-2H3. The summed E-state index contributed by atoms with van der Waals surface area (Å²) in [6, 6.07) is 39.8. The Kier molecular flexibility index (Phi) is 33.5. The van der Waals surface area contributed by atoms with Gasteiger partial charge in [0, 0.05) is 86.0 Å². The Morgan fingerprint density at radius 2 is 1.05 bits per heavy atom. The molecule has 2 atom stereocenters. The molecule has 21 heteroatoms. The van der Waals surface area contributed by atoms with E-state index in [4.69, 9.17) is 22.1 Å². The number of nitrogens with two attached hydrogens (primary N) is 1. The van der Waals surface area contributed by atoms with Crippen molar-refractivity contribution in [3.63, 3.8) is 0 Å². The van der Waals surface area contributed by atoms with Gasteiger partial charge in [-0.3, -0.25) is 30.0 Å². The lowest BCUT2D eigenvalue weighted by molar-refractivity contribution is -0.385. The number of nitrogens with zero attached hydrogens (tertiary/aromatic N) is 6. The van der Waals surface area contributed by atoms with Crippen molar-refractivity contribution < 1.29 is 33.7 Å². The minimum Gasteiger partial charge on any atom is -0.414 e. The Labute approximate surface area is 514 Å². The SMILES string of the molecule is CC.CC.CC.CN(C)C(CN)c1ccsc1.CN(C)C(CNC(=O)N1CCCc2ccccc21)c1ccsc1.O=C(Cl)Oc1ccc([N+](=O)[O-])cc1.O=C(Oc1ccc([N+](=O)[O-])cc1)N1CCCc2ccccc21.c1ccc2c(c1)CCCN2. The van der Waals surface area contributed by atoms with Gasteiger partial charge in [0.05, 0.1) is 21.6 Å². The minimum absolute atomic E-state index is 0.000713. The zero-order valence-electron chi connectivity index (χ0n) is 50.6. The summed E-state index contributed by atoms with van der Waals surface area (Å²) in [6.07, 6.45) is 5.94. The van der Waals surface area contributed by atoms with Gasteiger partial charge in [0.1, 0.15) is 11.5 Å². The number of rotatable bonds is 11. The summed E-state index contributed by atoms with van der Waals surface area (Å²) in [7, 11) is 8.19. The van der Waals surface area contributed by atoms with E-state index < -0.39 is 21.4 Å². The summed E-state index contributed by atoms with van der Waals surface area (Å²) < 4.78 is 9.76. The maximum Gasteiger partial charge on any atom is 0.419 e. The second-order valence-electron chi connectivity index (χ2n) is 18.7. The molecule has 0 saturated heterocycles. The molecule has 5 aromatic carbocycles. The zero-order valence-corrected chi connectivity index (χ0v) is 53.0. The molecule has 0 aliphatic carbocycles. The van der Waals surface area contributed by atoms with E-state index in [-0.39, 0.29) is 29.2 Å². The molecule has 2 aromatic heterocycles. The van der Waals surface area contributed by atoms with Crippen molar-refractivity contribution in [3.05, 3.63) is 203 Å². The van der Waals surface area contributed by atoms with Gasteiger partial charge < -0.3 is 35.6 Å². The molecule has 4 N–H and O–H groups in total. The van der Waals surface area contributed by atoms with Crippen molar-refractivity contribution in [3.8, 4) is 11.5 Å². The molecule has 3 aliphatic rings. The van der Waals surface area contributed by atoms with E-state index in [1.165, 1.54) is 89.3 Å². The molecule has 85 heavy (non-hydrogen) atoms. The zero-order chi connectivity index (χ0) is 62.7. The molecule has 0 radical (unpaired) electrons. The number of halogens is 1. The highest BCUT2D eigenvalue weighted by Gasteiger charge is 2.25. The van der Waals surface area contributed by atoms with Crippen molar-refractivity contribution in [1.82, 2.24) is 15.1 Å². The summed E-state index contributed by atoms with van der Waals surface area (Å²) in [5.74, 6) is 0.462. The second-order valence-corrected chi connectivity index (χ2v) is 20.5. The van der Waals surface area contributed by atoms with Crippen LogP contribution in [0, 0.1) is 20.2 Å². The number of hydrogen-bond donors (Lipinski definition) is 3. The monoisotopic (exact) mass is 1220 g/mol. The van der Waals surface area contributed by atoms with Gasteiger partial charge in [0.2, 0.25) is 0 Å². The number of carbonyl (C=O) groups is 3. The van der Waals surface area contributed by atoms with Gasteiger partial charge in [0.25, 0.3) is 11.4 Å². The molecule has 458 valence electrons. The first-order valence-electron chi connectivity index (χ1n) is 28.6. The van der Waals surface area contributed by atoms with E-state index in [0.29, 0.717) is 31.4 Å². The molecular formula is C64H84ClN9O9S2. The molecule has 3 aliphatic heterocycles. The Morgan fingerprint density at radius 1 is 0.612 bits per heavy atom. The predicted molar refractivity (Wildman–Crippen MR) is 350 cm³/mol. The quantitative estimate of drug-likeness (QED) is 0.0624. The van der Waals surface area contributed by atoms with Crippen LogP contribution in [0.15, 0.2) is 155 Å². The molecule has 0 fully saturated rings. The van der Waals surface area contributed by atoms with Gasteiger partial charge in [-0.1, -0.05) is 96.1 Å². The second kappa shape index (κ2) is 39.8.